The Bertz CT molecular complexity index is 851. The molecule has 0 radical (unpaired) electrons. The fraction of sp³-hybridized carbons (Fsp3) is 0.500. The van der Waals surface area contributed by atoms with Crippen LogP contribution in [0.15, 0.2) is 16.9 Å². The van der Waals surface area contributed by atoms with Gasteiger partial charge in [0.2, 0.25) is 0 Å². The van der Waals surface area contributed by atoms with Crippen LogP contribution in [0.3, 0.4) is 0 Å². The Labute approximate surface area is 151 Å². The van der Waals surface area contributed by atoms with Crippen molar-refractivity contribution in [3.05, 3.63) is 34.7 Å². The molecule has 0 aromatic carbocycles. The smallest absolute Gasteiger partial charge is 0.147 e. The van der Waals surface area contributed by atoms with Crippen LogP contribution >= 0.6 is 11.6 Å². The number of hydrogen-bond donors (Lipinski definition) is 0. The summed E-state index contributed by atoms with van der Waals surface area (Å²) in [6.45, 7) is 6.19. The fourth-order valence-corrected chi connectivity index (χ4v) is 2.95. The van der Waals surface area contributed by atoms with Gasteiger partial charge in [-0.25, -0.2) is 0 Å². The second kappa shape index (κ2) is 7.37. The highest BCUT2D eigenvalue weighted by molar-refractivity contribution is 6.30. The van der Waals surface area contributed by atoms with Gasteiger partial charge in [-0.3, -0.25) is 9.58 Å². The SMILES string of the molecule is CCCn1cnnc1CN(C)Cc1c(-c2cc(C)on2)nn(C)c1Cl. The monoisotopic (exact) mass is 363 g/mol. The summed E-state index contributed by atoms with van der Waals surface area (Å²) in [6.07, 6.45) is 2.81. The van der Waals surface area contributed by atoms with Crippen LogP contribution in [0.2, 0.25) is 5.15 Å². The summed E-state index contributed by atoms with van der Waals surface area (Å²) in [5.74, 6) is 1.67. The van der Waals surface area contributed by atoms with Crippen molar-refractivity contribution in [3.63, 3.8) is 0 Å². The molecule has 0 bridgehead atoms. The van der Waals surface area contributed by atoms with Gasteiger partial charge < -0.3 is 9.09 Å². The summed E-state index contributed by atoms with van der Waals surface area (Å²) in [4.78, 5) is 2.13. The van der Waals surface area contributed by atoms with Crippen molar-refractivity contribution in [2.24, 2.45) is 7.05 Å². The van der Waals surface area contributed by atoms with Gasteiger partial charge in [0.05, 0.1) is 6.54 Å². The van der Waals surface area contributed by atoms with Gasteiger partial charge in [0.1, 0.15) is 34.5 Å². The van der Waals surface area contributed by atoms with Crippen molar-refractivity contribution in [1.82, 2.24) is 34.6 Å². The molecule has 3 rings (SSSR count). The van der Waals surface area contributed by atoms with Crippen LogP contribution in [0.4, 0.5) is 0 Å². The Kier molecular flexibility index (Phi) is 5.19. The topological polar surface area (TPSA) is 77.8 Å². The third kappa shape index (κ3) is 3.74. The van der Waals surface area contributed by atoms with E-state index in [0.29, 0.717) is 23.9 Å². The largest absolute Gasteiger partial charge is 0.361 e. The first-order valence-electron chi connectivity index (χ1n) is 8.19. The van der Waals surface area contributed by atoms with Crippen molar-refractivity contribution in [2.75, 3.05) is 7.05 Å². The summed E-state index contributed by atoms with van der Waals surface area (Å²) >= 11 is 6.46. The molecule has 0 N–H and O–H groups in total. The predicted octanol–water partition coefficient (Wildman–Crippen LogP) is 2.67. The standard InChI is InChI=1S/C16H22ClN7O/c1-5-6-24-10-18-19-14(24)9-22(3)8-12-15(20-23(4)16(12)17)13-7-11(2)25-21-13/h7,10H,5-6,8-9H2,1-4H3. The number of halogens is 1. The average molecular weight is 364 g/mol. The van der Waals surface area contributed by atoms with Crippen LogP contribution in [0.1, 0.15) is 30.5 Å². The number of aryl methyl sites for hydroxylation is 3. The van der Waals surface area contributed by atoms with E-state index in [2.05, 4.69) is 36.8 Å². The molecule has 0 aliphatic rings. The van der Waals surface area contributed by atoms with Gasteiger partial charge in [-0.15, -0.1) is 10.2 Å². The van der Waals surface area contributed by atoms with Crippen molar-refractivity contribution in [2.45, 2.75) is 39.9 Å². The van der Waals surface area contributed by atoms with Gasteiger partial charge in [-0.2, -0.15) is 5.10 Å². The molecule has 134 valence electrons. The average Bonchev–Trinajstić information content (AvgIpc) is 3.25. The summed E-state index contributed by atoms with van der Waals surface area (Å²) < 4.78 is 8.91. The van der Waals surface area contributed by atoms with E-state index in [1.807, 2.05) is 27.1 Å². The zero-order chi connectivity index (χ0) is 18.0. The van der Waals surface area contributed by atoms with Crippen LogP contribution in [-0.4, -0.2) is 41.6 Å². The summed E-state index contributed by atoms with van der Waals surface area (Å²) in [5, 5.41) is 17.4. The minimum absolute atomic E-state index is 0.595. The lowest BCUT2D eigenvalue weighted by atomic mass is 10.2. The third-order valence-corrected chi connectivity index (χ3v) is 4.41. The van der Waals surface area contributed by atoms with Gasteiger partial charge in [0.25, 0.3) is 0 Å². The van der Waals surface area contributed by atoms with Gasteiger partial charge >= 0.3 is 0 Å². The van der Waals surface area contributed by atoms with E-state index in [-0.39, 0.29) is 0 Å². The zero-order valence-corrected chi connectivity index (χ0v) is 15.7. The van der Waals surface area contributed by atoms with Crippen molar-refractivity contribution < 1.29 is 4.52 Å². The van der Waals surface area contributed by atoms with Crippen molar-refractivity contribution in [3.8, 4) is 11.4 Å². The van der Waals surface area contributed by atoms with Gasteiger partial charge in [-0.05, 0) is 20.4 Å². The number of aromatic nitrogens is 6. The summed E-state index contributed by atoms with van der Waals surface area (Å²) in [6, 6.07) is 1.86. The second-order valence-electron chi connectivity index (χ2n) is 6.18. The van der Waals surface area contributed by atoms with Crippen LogP contribution in [0.5, 0.6) is 0 Å². The molecule has 8 nitrogen and oxygen atoms in total. The lowest BCUT2D eigenvalue weighted by molar-refractivity contribution is 0.304. The Morgan fingerprint density at radius 2 is 2.12 bits per heavy atom. The molecule has 0 spiro atoms. The van der Waals surface area contributed by atoms with E-state index in [0.717, 1.165) is 35.8 Å². The first-order chi connectivity index (χ1) is 12.0. The highest BCUT2D eigenvalue weighted by Crippen LogP contribution is 2.29. The normalized spacial score (nSPS) is 11.6. The van der Waals surface area contributed by atoms with E-state index in [4.69, 9.17) is 16.1 Å². The molecule has 0 unspecified atom stereocenters. The van der Waals surface area contributed by atoms with Crippen LogP contribution in [-0.2, 0) is 26.7 Å². The quantitative estimate of drug-likeness (QED) is 0.642. The molecule has 3 aromatic heterocycles. The Morgan fingerprint density at radius 1 is 1.32 bits per heavy atom. The molecule has 3 heterocycles. The van der Waals surface area contributed by atoms with Gasteiger partial charge in [-0.1, -0.05) is 23.7 Å². The molecule has 0 saturated heterocycles. The molecule has 0 saturated carbocycles. The van der Waals surface area contributed by atoms with Gasteiger partial charge in [0, 0.05) is 31.8 Å². The third-order valence-electron chi connectivity index (χ3n) is 3.94. The predicted molar refractivity (Wildman–Crippen MR) is 93.9 cm³/mol. The van der Waals surface area contributed by atoms with Gasteiger partial charge in [0.15, 0.2) is 0 Å². The zero-order valence-electron chi connectivity index (χ0n) is 14.9. The van der Waals surface area contributed by atoms with Crippen LogP contribution < -0.4 is 0 Å². The summed E-state index contributed by atoms with van der Waals surface area (Å²) in [5.41, 5.74) is 2.35. The Balaban J connectivity index is 1.81. The van der Waals surface area contributed by atoms with E-state index in [1.165, 1.54) is 0 Å². The van der Waals surface area contributed by atoms with Crippen LogP contribution in [0.25, 0.3) is 11.4 Å². The molecule has 0 aliphatic carbocycles. The number of nitrogens with zero attached hydrogens (tertiary/aromatic N) is 7. The van der Waals surface area contributed by atoms with Crippen molar-refractivity contribution >= 4 is 11.6 Å². The van der Waals surface area contributed by atoms with E-state index in [9.17, 15) is 0 Å². The molecule has 3 aromatic rings. The maximum absolute atomic E-state index is 6.46. The molecule has 0 fully saturated rings. The minimum atomic E-state index is 0.595. The Morgan fingerprint density at radius 3 is 2.80 bits per heavy atom. The first kappa shape index (κ1) is 17.6. The molecule has 0 amide bonds. The molecule has 0 atom stereocenters. The lowest BCUT2D eigenvalue weighted by Gasteiger charge is -2.16. The summed E-state index contributed by atoms with van der Waals surface area (Å²) in [7, 11) is 3.84. The highest BCUT2D eigenvalue weighted by atomic mass is 35.5. The van der Waals surface area contributed by atoms with E-state index >= 15 is 0 Å². The fourth-order valence-electron chi connectivity index (χ4n) is 2.77. The second-order valence-corrected chi connectivity index (χ2v) is 6.54. The molecule has 9 heteroatoms. The molecular formula is C16H22ClN7O. The molecular weight excluding hydrogens is 342 g/mol. The minimum Gasteiger partial charge on any atom is -0.361 e. The first-order valence-corrected chi connectivity index (χ1v) is 8.57. The molecule has 0 aliphatic heterocycles. The molecule has 25 heavy (non-hydrogen) atoms. The van der Waals surface area contributed by atoms with Crippen molar-refractivity contribution in [1.29, 1.82) is 0 Å². The van der Waals surface area contributed by atoms with Crippen LogP contribution in [0, 0.1) is 6.92 Å². The maximum Gasteiger partial charge on any atom is 0.147 e. The lowest BCUT2D eigenvalue weighted by Crippen LogP contribution is -2.20. The van der Waals surface area contributed by atoms with E-state index < -0.39 is 0 Å². The number of rotatable bonds is 7. The maximum atomic E-state index is 6.46. The number of hydrogen-bond acceptors (Lipinski definition) is 6. The highest BCUT2D eigenvalue weighted by Gasteiger charge is 2.21. The van der Waals surface area contributed by atoms with E-state index in [1.54, 1.807) is 11.0 Å². The Hall–Kier alpha value is -2.19.